The van der Waals surface area contributed by atoms with Gasteiger partial charge in [0.05, 0.1) is 26.0 Å². The van der Waals surface area contributed by atoms with E-state index in [-0.39, 0.29) is 29.7 Å². The number of thioether (sulfide) groups is 1. The van der Waals surface area contributed by atoms with Gasteiger partial charge in [-0.1, -0.05) is 12.8 Å². The van der Waals surface area contributed by atoms with Crippen molar-refractivity contribution in [3.8, 4) is 11.5 Å². The molecular formula is C27H38N4O6S. The van der Waals surface area contributed by atoms with Gasteiger partial charge in [0.25, 0.3) is 0 Å². The molecule has 4 rings (SSSR count). The van der Waals surface area contributed by atoms with E-state index in [9.17, 15) is 19.5 Å². The van der Waals surface area contributed by atoms with Gasteiger partial charge in [0.15, 0.2) is 11.5 Å². The summed E-state index contributed by atoms with van der Waals surface area (Å²) in [5.41, 5.74) is 1.84. The van der Waals surface area contributed by atoms with Crippen molar-refractivity contribution in [1.29, 1.82) is 0 Å². The number of nitrogens with zero attached hydrogens (tertiary/aromatic N) is 3. The van der Waals surface area contributed by atoms with Crippen molar-refractivity contribution in [2.45, 2.75) is 57.0 Å². The second kappa shape index (κ2) is 12.7. The number of hydrogen-bond donors (Lipinski definition) is 2. The molecule has 0 unspecified atom stereocenters. The van der Waals surface area contributed by atoms with E-state index in [0.717, 1.165) is 37.0 Å². The molecule has 1 aromatic carbocycles. The SMILES string of the molecule is COc1ccc(C2=NN(C3CCN(C(=O)[C@@H](CCSC)NC(=O)O)CC3)C(=O)[C@@H]3CCCC[C@H]23)cc1OC. The minimum atomic E-state index is -1.20. The lowest BCUT2D eigenvalue weighted by Crippen LogP contribution is -2.55. The summed E-state index contributed by atoms with van der Waals surface area (Å²) >= 11 is 1.57. The Kier molecular flexibility index (Phi) is 9.40. The molecular weight excluding hydrogens is 508 g/mol. The Bertz CT molecular complexity index is 1060. The molecule has 0 bridgehead atoms. The van der Waals surface area contributed by atoms with Crippen LogP contribution in [0, 0.1) is 11.8 Å². The van der Waals surface area contributed by atoms with Crippen LogP contribution in [0.2, 0.25) is 0 Å². The predicted molar refractivity (Wildman–Crippen MR) is 146 cm³/mol. The molecule has 2 heterocycles. The first kappa shape index (κ1) is 28.1. The molecule has 10 nitrogen and oxygen atoms in total. The molecule has 3 aliphatic rings. The second-order valence-corrected chi connectivity index (χ2v) is 11.1. The van der Waals surface area contributed by atoms with Crippen LogP contribution >= 0.6 is 11.8 Å². The molecule has 2 aliphatic heterocycles. The lowest BCUT2D eigenvalue weighted by Gasteiger charge is -2.43. The number of carboxylic acid groups (broad SMARTS) is 1. The van der Waals surface area contributed by atoms with E-state index in [1.165, 1.54) is 0 Å². The molecule has 3 atom stereocenters. The van der Waals surface area contributed by atoms with Gasteiger partial charge in [0.1, 0.15) is 6.04 Å². The van der Waals surface area contributed by atoms with Gasteiger partial charge in [0.2, 0.25) is 11.8 Å². The van der Waals surface area contributed by atoms with Gasteiger partial charge in [-0.2, -0.15) is 16.9 Å². The number of ether oxygens (including phenoxy) is 2. The smallest absolute Gasteiger partial charge is 0.405 e. The first-order valence-electron chi connectivity index (χ1n) is 13.3. The molecule has 1 aliphatic carbocycles. The molecule has 0 aromatic heterocycles. The number of nitrogens with one attached hydrogen (secondary N) is 1. The zero-order chi connectivity index (χ0) is 27.2. The first-order chi connectivity index (χ1) is 18.4. The molecule has 0 spiro atoms. The van der Waals surface area contributed by atoms with Crippen molar-refractivity contribution in [2.24, 2.45) is 16.9 Å². The maximum atomic E-state index is 13.6. The fourth-order valence-corrected chi connectivity index (χ4v) is 6.36. The Morgan fingerprint density at radius 1 is 1.11 bits per heavy atom. The highest BCUT2D eigenvalue weighted by Crippen LogP contribution is 2.40. The minimum Gasteiger partial charge on any atom is -0.493 e. The zero-order valence-electron chi connectivity index (χ0n) is 22.4. The van der Waals surface area contributed by atoms with Crippen molar-refractivity contribution in [3.63, 3.8) is 0 Å². The highest BCUT2D eigenvalue weighted by atomic mass is 32.2. The molecule has 1 saturated heterocycles. The third kappa shape index (κ3) is 6.03. The fraction of sp³-hybridized carbons (Fsp3) is 0.630. The van der Waals surface area contributed by atoms with Gasteiger partial charge in [-0.05, 0) is 62.3 Å². The van der Waals surface area contributed by atoms with E-state index < -0.39 is 12.1 Å². The van der Waals surface area contributed by atoms with Crippen molar-refractivity contribution >= 4 is 35.4 Å². The van der Waals surface area contributed by atoms with Crippen molar-refractivity contribution in [1.82, 2.24) is 15.2 Å². The fourth-order valence-electron chi connectivity index (χ4n) is 5.89. The number of amides is 3. The number of methoxy groups -OCH3 is 2. The van der Waals surface area contributed by atoms with E-state index in [1.807, 2.05) is 24.5 Å². The van der Waals surface area contributed by atoms with Crippen LogP contribution in [0.4, 0.5) is 4.79 Å². The lowest BCUT2D eigenvalue weighted by atomic mass is 9.73. The summed E-state index contributed by atoms with van der Waals surface area (Å²) < 4.78 is 10.9. The largest absolute Gasteiger partial charge is 0.493 e. The lowest BCUT2D eigenvalue weighted by molar-refractivity contribution is -0.143. The number of fused-ring (bicyclic) bond motifs is 1. The molecule has 38 heavy (non-hydrogen) atoms. The monoisotopic (exact) mass is 546 g/mol. The Labute approximate surface area is 228 Å². The van der Waals surface area contributed by atoms with E-state index in [4.69, 9.17) is 14.6 Å². The van der Waals surface area contributed by atoms with E-state index in [1.54, 1.807) is 35.9 Å². The molecule has 11 heteroatoms. The van der Waals surface area contributed by atoms with Crippen LogP contribution in [0.5, 0.6) is 11.5 Å². The van der Waals surface area contributed by atoms with Gasteiger partial charge in [-0.25, -0.2) is 9.80 Å². The number of carbonyl (C=O) groups excluding carboxylic acids is 2. The summed E-state index contributed by atoms with van der Waals surface area (Å²) in [6.45, 7) is 0.916. The van der Waals surface area contributed by atoms with Crippen LogP contribution in [0.3, 0.4) is 0 Å². The van der Waals surface area contributed by atoms with E-state index in [2.05, 4.69) is 5.32 Å². The van der Waals surface area contributed by atoms with Crippen LogP contribution in [-0.2, 0) is 9.59 Å². The zero-order valence-corrected chi connectivity index (χ0v) is 23.2. The van der Waals surface area contributed by atoms with Crippen LogP contribution in [0.1, 0.15) is 50.5 Å². The molecule has 1 saturated carbocycles. The summed E-state index contributed by atoms with van der Waals surface area (Å²) in [4.78, 5) is 39.7. The number of likely N-dealkylation sites (tertiary alicyclic amines) is 1. The van der Waals surface area contributed by atoms with Crippen molar-refractivity contribution < 1.29 is 29.0 Å². The van der Waals surface area contributed by atoms with Crippen LogP contribution in [0.15, 0.2) is 23.3 Å². The summed E-state index contributed by atoms with van der Waals surface area (Å²) in [5, 5.41) is 18.2. The van der Waals surface area contributed by atoms with Gasteiger partial charge in [0, 0.05) is 30.5 Å². The average Bonchev–Trinajstić information content (AvgIpc) is 2.94. The number of rotatable bonds is 9. The molecule has 1 aromatic rings. The van der Waals surface area contributed by atoms with E-state index >= 15 is 0 Å². The van der Waals surface area contributed by atoms with Crippen molar-refractivity contribution in [3.05, 3.63) is 23.8 Å². The Morgan fingerprint density at radius 2 is 1.79 bits per heavy atom. The standard InChI is InChI=1S/C27H38N4O6S/c1-36-22-9-8-17(16-23(22)37-2)24-19-6-4-5-7-20(19)25(32)31(29-24)18-10-13-30(14-11-18)26(33)21(12-15-38-3)28-27(34)35/h8-9,16,18-21,28H,4-7,10-15H2,1-3H3,(H,34,35)/t19-,20+,21+/m0/s1. The summed E-state index contributed by atoms with van der Waals surface area (Å²) in [6.07, 6.45) is 6.25. The molecule has 2 N–H and O–H groups in total. The topological polar surface area (TPSA) is 121 Å². The third-order valence-electron chi connectivity index (χ3n) is 7.88. The summed E-state index contributed by atoms with van der Waals surface area (Å²) in [6, 6.07) is 4.92. The summed E-state index contributed by atoms with van der Waals surface area (Å²) in [7, 11) is 3.21. The van der Waals surface area contributed by atoms with Crippen LogP contribution < -0.4 is 14.8 Å². The van der Waals surface area contributed by atoms with Gasteiger partial charge < -0.3 is 24.8 Å². The summed E-state index contributed by atoms with van der Waals surface area (Å²) in [5.74, 6) is 1.81. The number of hydrogen-bond acceptors (Lipinski definition) is 7. The Balaban J connectivity index is 1.53. The average molecular weight is 547 g/mol. The van der Waals surface area contributed by atoms with Gasteiger partial charge in [-0.3, -0.25) is 9.59 Å². The van der Waals surface area contributed by atoms with E-state index in [0.29, 0.717) is 49.6 Å². The maximum absolute atomic E-state index is 13.6. The molecule has 0 radical (unpaired) electrons. The quantitative estimate of drug-likeness (QED) is 0.487. The van der Waals surface area contributed by atoms with Crippen molar-refractivity contribution in [2.75, 3.05) is 39.3 Å². The van der Waals surface area contributed by atoms with Gasteiger partial charge >= 0.3 is 6.09 Å². The number of benzene rings is 1. The normalized spacial score (nSPS) is 22.8. The Hall–Kier alpha value is -2.95. The molecule has 208 valence electrons. The Morgan fingerprint density at radius 3 is 2.42 bits per heavy atom. The van der Waals surface area contributed by atoms with Crippen LogP contribution in [0.25, 0.3) is 0 Å². The van der Waals surface area contributed by atoms with Gasteiger partial charge in [-0.15, -0.1) is 0 Å². The predicted octanol–water partition coefficient (Wildman–Crippen LogP) is 3.44. The first-order valence-corrected chi connectivity index (χ1v) is 14.7. The number of hydrazone groups is 1. The molecule has 3 amide bonds. The second-order valence-electron chi connectivity index (χ2n) is 10.1. The highest BCUT2D eigenvalue weighted by Gasteiger charge is 2.44. The minimum absolute atomic E-state index is 0.0755. The molecule has 2 fully saturated rings. The highest BCUT2D eigenvalue weighted by molar-refractivity contribution is 7.98. The number of piperidine rings is 1. The number of carbonyl (C=O) groups is 3. The maximum Gasteiger partial charge on any atom is 0.405 e. The third-order valence-corrected chi connectivity index (χ3v) is 8.53. The van der Waals surface area contributed by atoms with Crippen LogP contribution in [-0.4, -0.2) is 90.0 Å².